The van der Waals surface area contributed by atoms with Gasteiger partial charge in [0.05, 0.1) is 13.2 Å². The average Bonchev–Trinajstić information content (AvgIpc) is 2.49. The van der Waals surface area contributed by atoms with E-state index in [1.165, 1.54) is 19.3 Å². The van der Waals surface area contributed by atoms with Crippen LogP contribution in [0.4, 0.5) is 0 Å². The fraction of sp³-hybridized carbons (Fsp3) is 0.941. The van der Waals surface area contributed by atoms with E-state index in [4.69, 9.17) is 0 Å². The van der Waals surface area contributed by atoms with Crippen LogP contribution in [-0.4, -0.2) is 84.2 Å². The number of carbonyl (C=O) groups is 1. The number of hydrogen-bond donors (Lipinski definition) is 1. The molecule has 1 amide bonds. The predicted octanol–water partition coefficient (Wildman–Crippen LogP) is 1.17. The van der Waals surface area contributed by atoms with Gasteiger partial charge in [-0.25, -0.2) is 0 Å². The quantitative estimate of drug-likeness (QED) is 0.828. The fourth-order valence-electron chi connectivity index (χ4n) is 3.58. The van der Waals surface area contributed by atoms with Crippen molar-refractivity contribution in [3.05, 3.63) is 0 Å². The van der Waals surface area contributed by atoms with Gasteiger partial charge in [0.25, 0.3) is 0 Å². The van der Waals surface area contributed by atoms with E-state index >= 15 is 0 Å². The Morgan fingerprint density at radius 3 is 2.09 bits per heavy atom. The van der Waals surface area contributed by atoms with E-state index in [9.17, 15) is 9.90 Å². The third kappa shape index (κ3) is 5.21. The third-order valence-electron chi connectivity index (χ3n) is 5.17. The molecule has 128 valence electrons. The molecule has 2 fully saturated rings. The van der Waals surface area contributed by atoms with Crippen molar-refractivity contribution in [1.29, 1.82) is 0 Å². The predicted molar refractivity (Wildman–Crippen MR) is 88.8 cm³/mol. The summed E-state index contributed by atoms with van der Waals surface area (Å²) < 4.78 is 0. The van der Waals surface area contributed by atoms with Gasteiger partial charge in [-0.1, -0.05) is 26.2 Å². The fourth-order valence-corrected chi connectivity index (χ4v) is 3.58. The molecule has 0 spiro atoms. The lowest BCUT2D eigenvalue weighted by molar-refractivity contribution is -0.133. The molecule has 2 saturated heterocycles. The molecule has 0 radical (unpaired) electrons. The largest absolute Gasteiger partial charge is 0.395 e. The molecule has 2 heterocycles. The van der Waals surface area contributed by atoms with Crippen LogP contribution in [0.2, 0.25) is 0 Å². The summed E-state index contributed by atoms with van der Waals surface area (Å²) in [5.41, 5.74) is 0. The number of aliphatic hydroxyl groups is 1. The first kappa shape index (κ1) is 17.7. The lowest BCUT2D eigenvalue weighted by atomic mass is 10.1. The summed E-state index contributed by atoms with van der Waals surface area (Å²) in [6.07, 6.45) is 7.17. The zero-order valence-corrected chi connectivity index (χ0v) is 14.2. The van der Waals surface area contributed by atoms with Gasteiger partial charge < -0.3 is 10.0 Å². The first-order chi connectivity index (χ1) is 10.7. The van der Waals surface area contributed by atoms with E-state index in [2.05, 4.69) is 21.6 Å². The summed E-state index contributed by atoms with van der Waals surface area (Å²) in [5.74, 6) is 0.310. The van der Waals surface area contributed by atoms with Crippen molar-refractivity contribution < 1.29 is 9.90 Å². The molecular weight excluding hydrogens is 278 g/mol. The average molecular weight is 311 g/mol. The van der Waals surface area contributed by atoms with E-state index in [-0.39, 0.29) is 12.6 Å². The minimum atomic E-state index is 0.239. The Kier molecular flexibility index (Phi) is 7.63. The van der Waals surface area contributed by atoms with Crippen LogP contribution in [0, 0.1) is 0 Å². The molecule has 1 atom stereocenters. The summed E-state index contributed by atoms with van der Waals surface area (Å²) >= 11 is 0. The molecule has 5 heteroatoms. The number of hydrogen-bond acceptors (Lipinski definition) is 4. The highest BCUT2D eigenvalue weighted by molar-refractivity contribution is 5.78. The number of piperazine rings is 1. The van der Waals surface area contributed by atoms with Gasteiger partial charge in [0.2, 0.25) is 5.91 Å². The summed E-state index contributed by atoms with van der Waals surface area (Å²) in [7, 11) is 0. The summed E-state index contributed by atoms with van der Waals surface area (Å²) in [6, 6.07) is 0.284. The van der Waals surface area contributed by atoms with Gasteiger partial charge in [0.1, 0.15) is 0 Å². The van der Waals surface area contributed by atoms with Crippen LogP contribution >= 0.6 is 0 Å². The van der Waals surface area contributed by atoms with Crippen LogP contribution in [0.25, 0.3) is 0 Å². The van der Waals surface area contributed by atoms with Crippen molar-refractivity contribution in [2.24, 2.45) is 0 Å². The maximum absolute atomic E-state index is 12.5. The van der Waals surface area contributed by atoms with Crippen molar-refractivity contribution in [2.75, 3.05) is 52.4 Å². The number of carbonyl (C=O) groups excluding carboxylic acids is 1. The first-order valence-electron chi connectivity index (χ1n) is 9.09. The Hall–Kier alpha value is -0.650. The molecule has 0 bridgehead atoms. The molecule has 2 aliphatic rings. The second-order valence-electron chi connectivity index (χ2n) is 6.71. The van der Waals surface area contributed by atoms with Crippen LogP contribution < -0.4 is 0 Å². The summed E-state index contributed by atoms with van der Waals surface area (Å²) in [6.45, 7) is 8.64. The monoisotopic (exact) mass is 311 g/mol. The third-order valence-corrected chi connectivity index (χ3v) is 5.17. The number of nitrogens with zero attached hydrogens (tertiary/aromatic N) is 3. The molecule has 5 nitrogen and oxygen atoms in total. The van der Waals surface area contributed by atoms with Crippen molar-refractivity contribution in [2.45, 2.75) is 51.5 Å². The normalized spacial score (nSPS) is 23.8. The molecular formula is C17H33N3O2. The number of rotatable bonds is 5. The Morgan fingerprint density at radius 1 is 0.955 bits per heavy atom. The maximum atomic E-state index is 12.5. The van der Waals surface area contributed by atoms with E-state index in [1.807, 2.05) is 0 Å². The van der Waals surface area contributed by atoms with Crippen LogP contribution in [0.3, 0.4) is 0 Å². The minimum absolute atomic E-state index is 0.239. The molecule has 0 saturated carbocycles. The lowest BCUT2D eigenvalue weighted by Gasteiger charge is -2.38. The summed E-state index contributed by atoms with van der Waals surface area (Å²) in [4.78, 5) is 19.2. The molecule has 2 aliphatic heterocycles. The van der Waals surface area contributed by atoms with E-state index in [0.717, 1.165) is 58.5 Å². The topological polar surface area (TPSA) is 47.0 Å². The zero-order valence-electron chi connectivity index (χ0n) is 14.2. The van der Waals surface area contributed by atoms with Crippen molar-refractivity contribution in [3.8, 4) is 0 Å². The number of aliphatic hydroxyl groups excluding tert-OH is 1. The van der Waals surface area contributed by atoms with Crippen LogP contribution in [-0.2, 0) is 4.79 Å². The molecule has 0 aromatic heterocycles. The summed E-state index contributed by atoms with van der Waals surface area (Å²) in [5, 5.41) is 9.39. The van der Waals surface area contributed by atoms with E-state index in [1.54, 1.807) is 0 Å². The highest BCUT2D eigenvalue weighted by Gasteiger charge is 2.24. The van der Waals surface area contributed by atoms with Gasteiger partial charge >= 0.3 is 0 Å². The Labute approximate surface area is 135 Å². The number of amides is 1. The smallest absolute Gasteiger partial charge is 0.236 e. The van der Waals surface area contributed by atoms with Gasteiger partial charge in [-0.15, -0.1) is 0 Å². The molecule has 0 aromatic rings. The van der Waals surface area contributed by atoms with Crippen LogP contribution in [0.15, 0.2) is 0 Å². The van der Waals surface area contributed by atoms with Crippen LogP contribution in [0.5, 0.6) is 0 Å². The maximum Gasteiger partial charge on any atom is 0.236 e. The SMILES string of the molecule is CCC(CO)N1CCN(CC(=O)N2CCCCCCC2)CC1. The minimum Gasteiger partial charge on any atom is -0.395 e. The van der Waals surface area contributed by atoms with Crippen molar-refractivity contribution >= 4 is 5.91 Å². The van der Waals surface area contributed by atoms with Crippen molar-refractivity contribution in [1.82, 2.24) is 14.7 Å². The standard InChI is InChI=1S/C17H33N3O2/c1-2-16(15-21)19-12-10-18(11-13-19)14-17(22)20-8-6-4-3-5-7-9-20/h16,21H,2-15H2,1H3. The highest BCUT2D eigenvalue weighted by Crippen LogP contribution is 2.12. The Bertz CT molecular complexity index is 318. The molecule has 0 aromatic carbocycles. The highest BCUT2D eigenvalue weighted by atomic mass is 16.3. The molecule has 1 unspecified atom stereocenters. The molecule has 22 heavy (non-hydrogen) atoms. The first-order valence-corrected chi connectivity index (χ1v) is 9.09. The van der Waals surface area contributed by atoms with Gasteiger partial charge in [-0.3, -0.25) is 14.6 Å². The second-order valence-corrected chi connectivity index (χ2v) is 6.71. The van der Waals surface area contributed by atoms with Gasteiger partial charge in [0.15, 0.2) is 0 Å². The molecule has 1 N–H and O–H groups in total. The second kappa shape index (κ2) is 9.48. The zero-order chi connectivity index (χ0) is 15.8. The molecule has 0 aliphatic carbocycles. The van der Waals surface area contributed by atoms with Gasteiger partial charge in [0, 0.05) is 45.3 Å². The number of likely N-dealkylation sites (tertiary alicyclic amines) is 1. The van der Waals surface area contributed by atoms with Gasteiger partial charge in [-0.2, -0.15) is 0 Å². The Morgan fingerprint density at radius 2 is 1.55 bits per heavy atom. The van der Waals surface area contributed by atoms with Crippen LogP contribution in [0.1, 0.15) is 45.4 Å². The Balaban J connectivity index is 1.73. The molecule has 2 rings (SSSR count). The van der Waals surface area contributed by atoms with Crippen molar-refractivity contribution in [3.63, 3.8) is 0 Å². The van der Waals surface area contributed by atoms with E-state index < -0.39 is 0 Å². The lowest BCUT2D eigenvalue weighted by Crippen LogP contribution is -2.53. The van der Waals surface area contributed by atoms with Gasteiger partial charge in [-0.05, 0) is 19.3 Å². The van der Waals surface area contributed by atoms with E-state index in [0.29, 0.717) is 12.5 Å².